The van der Waals surface area contributed by atoms with E-state index in [9.17, 15) is 0 Å². The van der Waals surface area contributed by atoms with Gasteiger partial charge in [0.2, 0.25) is 0 Å². The summed E-state index contributed by atoms with van der Waals surface area (Å²) in [4.78, 5) is 7.76. The van der Waals surface area contributed by atoms with E-state index in [0.717, 1.165) is 62.3 Å². The molecule has 2 aliphatic heterocycles. The Morgan fingerprint density at radius 2 is 0.635 bits per heavy atom. The molecule has 0 radical (unpaired) electrons. The standard InChI is InChI=1S/C98H82BN3Si2/c1-97(2,3)75-56-53-72(54-57-75)74-55-63-90-93(66-74)102(79-39-31-35-73(65-79)71-33-15-7-16-34-71)95-69-81(100(77-37-17-8-18-38-77)80-40-32-36-76(67-80)98(4,5)6)68-94-96(95)99(90)91-70-89(104(85-47-25-12-26-48-85,86-49-27-13-28-50-86)87-51-29-14-30-52-87)62-64-92(91)101(94)78-58-60-88(61-59-78)103(82-41-19-9-20-42-82,83-43-21-10-22-44-83)84-45-23-11-24-46-84/h7-70H,1-6H3. The van der Waals surface area contributed by atoms with Crippen LogP contribution in [0.5, 0.6) is 0 Å². The molecule has 0 aromatic heterocycles. The number of benzene rings is 15. The lowest BCUT2D eigenvalue weighted by Crippen LogP contribution is -2.75. The first-order valence-corrected chi connectivity index (χ1v) is 40.6. The van der Waals surface area contributed by atoms with Crippen molar-refractivity contribution in [1.82, 2.24) is 0 Å². The van der Waals surface area contributed by atoms with Gasteiger partial charge in [0, 0.05) is 45.5 Å². The molecule has 104 heavy (non-hydrogen) atoms. The third-order valence-corrected chi connectivity index (χ3v) is 31.4. The van der Waals surface area contributed by atoms with Crippen molar-refractivity contribution in [3.63, 3.8) is 0 Å². The van der Waals surface area contributed by atoms with E-state index < -0.39 is 16.1 Å². The number of para-hydroxylation sites is 1. The third kappa shape index (κ3) is 11.5. The lowest BCUT2D eigenvalue weighted by atomic mass is 9.33. The van der Waals surface area contributed by atoms with Crippen molar-refractivity contribution in [2.75, 3.05) is 14.7 Å². The SMILES string of the molecule is CC(C)(C)c1ccc(-c2ccc3c(c2)N(c2cccc(-c4ccccc4)c2)c2cc(N(c4ccccc4)c4cccc(C(C)(C)C)c4)cc4c2B3c2cc([Si](c3ccccc3)(c3ccccc3)c3ccccc3)ccc2N4c2ccc([Si](c3ccccc3)(c3ccccc3)c3ccccc3)cc2)cc1. The van der Waals surface area contributed by atoms with Crippen LogP contribution >= 0.6 is 0 Å². The minimum Gasteiger partial charge on any atom is -0.311 e. The predicted molar refractivity (Wildman–Crippen MR) is 451 cm³/mol. The van der Waals surface area contributed by atoms with E-state index in [1.807, 2.05) is 0 Å². The van der Waals surface area contributed by atoms with E-state index in [1.165, 1.54) is 80.1 Å². The van der Waals surface area contributed by atoms with Gasteiger partial charge in [-0.1, -0.05) is 357 Å². The molecule has 0 bridgehead atoms. The van der Waals surface area contributed by atoms with E-state index >= 15 is 0 Å². The Labute approximate surface area is 616 Å². The Bertz CT molecular complexity index is 5360. The predicted octanol–water partition coefficient (Wildman–Crippen LogP) is 17.9. The topological polar surface area (TPSA) is 9.72 Å². The normalized spacial score (nSPS) is 12.7. The van der Waals surface area contributed by atoms with E-state index in [0.29, 0.717) is 0 Å². The summed E-state index contributed by atoms with van der Waals surface area (Å²) >= 11 is 0. The van der Waals surface area contributed by atoms with E-state index in [-0.39, 0.29) is 17.5 Å². The Morgan fingerprint density at radius 3 is 1.13 bits per heavy atom. The van der Waals surface area contributed by atoms with E-state index in [1.54, 1.807) is 0 Å². The summed E-state index contributed by atoms with van der Waals surface area (Å²) in [5.74, 6) is 0. The molecule has 2 heterocycles. The van der Waals surface area contributed by atoms with Crippen LogP contribution in [0.3, 0.4) is 0 Å². The van der Waals surface area contributed by atoms with Crippen LogP contribution in [0.4, 0.5) is 51.2 Å². The first-order valence-electron chi connectivity index (χ1n) is 36.6. The molecule has 0 N–H and O–H groups in total. The molecular formula is C98H82BN3Si2. The number of fused-ring (bicyclic) bond motifs is 4. The zero-order valence-corrected chi connectivity index (χ0v) is 61.9. The van der Waals surface area contributed by atoms with Gasteiger partial charge in [-0.05, 0) is 175 Å². The molecule has 15 aromatic carbocycles. The summed E-state index contributed by atoms with van der Waals surface area (Å²) in [7, 11) is -6.09. The summed E-state index contributed by atoms with van der Waals surface area (Å²) < 4.78 is 0. The van der Waals surface area contributed by atoms with Crippen LogP contribution in [0.2, 0.25) is 0 Å². The van der Waals surface area contributed by atoms with Crippen molar-refractivity contribution in [2.45, 2.75) is 52.4 Å². The average molecular weight is 1370 g/mol. The van der Waals surface area contributed by atoms with Crippen LogP contribution in [-0.4, -0.2) is 22.9 Å². The van der Waals surface area contributed by atoms with Gasteiger partial charge in [0.05, 0.1) is 5.69 Å². The van der Waals surface area contributed by atoms with Crippen molar-refractivity contribution in [3.8, 4) is 22.3 Å². The minimum absolute atomic E-state index is 0.000300. The first-order chi connectivity index (χ1) is 50.8. The molecule has 2 aliphatic rings. The molecule has 0 aliphatic carbocycles. The van der Waals surface area contributed by atoms with Gasteiger partial charge in [-0.3, -0.25) is 0 Å². The Morgan fingerprint density at radius 1 is 0.240 bits per heavy atom. The van der Waals surface area contributed by atoms with Gasteiger partial charge >= 0.3 is 0 Å². The second-order valence-corrected chi connectivity index (χ2v) is 37.6. The minimum atomic E-state index is -3.13. The van der Waals surface area contributed by atoms with Gasteiger partial charge in [0.25, 0.3) is 6.71 Å². The molecule has 500 valence electrons. The quantitative estimate of drug-likeness (QED) is 0.0748. The highest BCUT2D eigenvalue weighted by Crippen LogP contribution is 2.49. The molecule has 0 unspecified atom stereocenters. The lowest BCUT2D eigenvalue weighted by molar-refractivity contribution is 0.590. The summed E-state index contributed by atoms with van der Waals surface area (Å²) in [5.41, 5.74) is 20.7. The lowest BCUT2D eigenvalue weighted by Gasteiger charge is -2.46. The fourth-order valence-electron chi connectivity index (χ4n) is 16.8. The van der Waals surface area contributed by atoms with E-state index in [2.05, 4.69) is 444 Å². The molecule has 3 nitrogen and oxygen atoms in total. The van der Waals surface area contributed by atoms with Gasteiger partial charge in [0.15, 0.2) is 16.1 Å². The molecule has 6 heteroatoms. The van der Waals surface area contributed by atoms with Crippen molar-refractivity contribution in [2.24, 2.45) is 0 Å². The van der Waals surface area contributed by atoms with E-state index in [4.69, 9.17) is 0 Å². The molecular weight excluding hydrogens is 1290 g/mol. The second kappa shape index (κ2) is 26.9. The van der Waals surface area contributed by atoms with Gasteiger partial charge < -0.3 is 14.7 Å². The highest BCUT2D eigenvalue weighted by atomic mass is 28.3. The largest absolute Gasteiger partial charge is 0.311 e. The number of rotatable bonds is 15. The highest BCUT2D eigenvalue weighted by molar-refractivity contribution is 7.20. The second-order valence-electron chi connectivity index (χ2n) is 30.0. The number of nitrogens with zero attached hydrogens (tertiary/aromatic N) is 3. The first kappa shape index (κ1) is 65.5. The Hall–Kier alpha value is -11.8. The van der Waals surface area contributed by atoms with Gasteiger partial charge in [-0.25, -0.2) is 0 Å². The Kier molecular flexibility index (Phi) is 16.9. The Balaban J connectivity index is 1.01. The van der Waals surface area contributed by atoms with Crippen molar-refractivity contribution < 1.29 is 0 Å². The van der Waals surface area contributed by atoms with Crippen LogP contribution in [0.15, 0.2) is 388 Å². The van der Waals surface area contributed by atoms with Crippen LogP contribution in [0.1, 0.15) is 52.7 Å². The zero-order valence-electron chi connectivity index (χ0n) is 59.9. The molecule has 0 saturated heterocycles. The van der Waals surface area contributed by atoms with Crippen LogP contribution in [-0.2, 0) is 10.8 Å². The summed E-state index contributed by atoms with van der Waals surface area (Å²) in [6, 6.07) is 148. The van der Waals surface area contributed by atoms with Gasteiger partial charge in [-0.2, -0.15) is 0 Å². The van der Waals surface area contributed by atoms with Crippen molar-refractivity contribution in [3.05, 3.63) is 399 Å². The zero-order chi connectivity index (χ0) is 70.6. The van der Waals surface area contributed by atoms with Gasteiger partial charge in [0.1, 0.15) is 0 Å². The average Bonchev–Trinajstić information content (AvgIpc) is 0.692. The molecule has 0 atom stereocenters. The smallest absolute Gasteiger partial charge is 0.252 e. The van der Waals surface area contributed by atoms with Gasteiger partial charge in [-0.15, -0.1) is 0 Å². The van der Waals surface area contributed by atoms with Crippen LogP contribution < -0.4 is 72.6 Å². The summed E-state index contributed by atoms with van der Waals surface area (Å²) in [6.45, 7) is 13.6. The van der Waals surface area contributed by atoms with Crippen LogP contribution in [0.25, 0.3) is 22.3 Å². The molecule has 0 amide bonds. The maximum absolute atomic E-state index is 3.13. The number of hydrogen-bond acceptors (Lipinski definition) is 3. The van der Waals surface area contributed by atoms with Crippen molar-refractivity contribution >= 4 is 132 Å². The van der Waals surface area contributed by atoms with Crippen molar-refractivity contribution in [1.29, 1.82) is 0 Å². The monoisotopic (exact) mass is 1370 g/mol. The third-order valence-electron chi connectivity index (χ3n) is 21.8. The summed E-state index contributed by atoms with van der Waals surface area (Å²) in [5, 5.41) is 10.7. The number of anilines is 9. The summed E-state index contributed by atoms with van der Waals surface area (Å²) in [6.07, 6.45) is 0. The maximum Gasteiger partial charge on any atom is 0.252 e. The molecule has 0 spiro atoms. The molecule has 0 fully saturated rings. The molecule has 0 saturated carbocycles. The molecule has 15 aromatic rings. The number of hydrogen-bond donors (Lipinski definition) is 0. The molecule has 17 rings (SSSR count). The fourth-order valence-corrected chi connectivity index (χ4v) is 26.4. The van der Waals surface area contributed by atoms with Crippen LogP contribution in [0, 0.1) is 0 Å². The fraction of sp³-hybridized carbons (Fsp3) is 0.0816. The highest BCUT2D eigenvalue weighted by Gasteiger charge is 2.48. The maximum atomic E-state index is 2.67.